The molecule has 0 aliphatic heterocycles. The number of hydrogen-bond acceptors (Lipinski definition) is 3. The first kappa shape index (κ1) is 8.84. The van der Waals surface area contributed by atoms with Crippen LogP contribution in [0.3, 0.4) is 0 Å². The van der Waals surface area contributed by atoms with Crippen molar-refractivity contribution in [2.75, 3.05) is 5.73 Å². The van der Waals surface area contributed by atoms with Crippen molar-refractivity contribution in [1.29, 1.82) is 0 Å². The van der Waals surface area contributed by atoms with Crippen molar-refractivity contribution in [3.05, 3.63) is 43.0 Å². The van der Waals surface area contributed by atoms with Gasteiger partial charge in [-0.1, -0.05) is 0 Å². The van der Waals surface area contributed by atoms with Crippen molar-refractivity contribution in [3.8, 4) is 5.95 Å². The Labute approximate surface area is 91.6 Å². The van der Waals surface area contributed by atoms with Gasteiger partial charge in [0.25, 0.3) is 0 Å². The van der Waals surface area contributed by atoms with E-state index in [1.807, 2.05) is 29.1 Å². The van der Waals surface area contributed by atoms with E-state index in [9.17, 15) is 0 Å². The van der Waals surface area contributed by atoms with Crippen LogP contribution in [-0.2, 0) is 0 Å². The normalized spacial score (nSPS) is 10.8. The van der Waals surface area contributed by atoms with Crippen LogP contribution >= 0.6 is 0 Å². The molecule has 2 heterocycles. The largest absolute Gasteiger partial charge is 0.399 e. The highest BCUT2D eigenvalue weighted by atomic mass is 15.2. The maximum atomic E-state index is 5.76. The number of anilines is 1. The highest BCUT2D eigenvalue weighted by molar-refractivity contribution is 5.75. The van der Waals surface area contributed by atoms with Gasteiger partial charge in [0.2, 0.25) is 0 Å². The molecule has 0 aliphatic rings. The smallest absolute Gasteiger partial charge is 0.389 e. The summed E-state index contributed by atoms with van der Waals surface area (Å²) in [5, 5.41) is 0. The first-order valence-electron chi connectivity index (χ1n) is 4.90. The van der Waals surface area contributed by atoms with Crippen LogP contribution in [0.1, 0.15) is 0 Å². The molecule has 2 aromatic heterocycles. The minimum atomic E-state index is 0.624. The lowest BCUT2D eigenvalue weighted by Crippen LogP contribution is -2.31. The summed E-state index contributed by atoms with van der Waals surface area (Å²) < 4.78 is 1.87. The summed E-state index contributed by atoms with van der Waals surface area (Å²) in [6, 6.07) is 7.47. The zero-order valence-corrected chi connectivity index (χ0v) is 8.46. The summed E-state index contributed by atoms with van der Waals surface area (Å²) in [5.74, 6) is 0.624. The van der Waals surface area contributed by atoms with Crippen LogP contribution in [-0.4, -0.2) is 15.0 Å². The van der Waals surface area contributed by atoms with E-state index < -0.39 is 0 Å². The van der Waals surface area contributed by atoms with E-state index in [2.05, 4.69) is 15.0 Å². The summed E-state index contributed by atoms with van der Waals surface area (Å²) in [7, 11) is 0. The molecule has 0 aliphatic carbocycles. The fourth-order valence-electron chi connectivity index (χ4n) is 1.65. The molecule has 0 radical (unpaired) electrons. The van der Waals surface area contributed by atoms with Gasteiger partial charge >= 0.3 is 5.95 Å². The van der Waals surface area contributed by atoms with E-state index in [1.54, 1.807) is 18.5 Å². The molecule has 16 heavy (non-hydrogen) atoms. The summed E-state index contributed by atoms with van der Waals surface area (Å²) in [5.41, 5.74) is 8.45. The molecule has 3 rings (SSSR count). The molecule has 5 nitrogen and oxygen atoms in total. The molecular formula is C11H10N5+. The number of nitrogens with zero attached hydrogens (tertiary/aromatic N) is 3. The molecule has 0 unspecified atom stereocenters. The molecule has 0 atom stereocenters. The van der Waals surface area contributed by atoms with Gasteiger partial charge in [-0.25, -0.2) is 0 Å². The van der Waals surface area contributed by atoms with E-state index in [0.29, 0.717) is 5.95 Å². The van der Waals surface area contributed by atoms with Crippen LogP contribution in [0.2, 0.25) is 0 Å². The van der Waals surface area contributed by atoms with Crippen LogP contribution in [0.4, 0.5) is 5.69 Å². The first-order chi connectivity index (χ1) is 7.84. The lowest BCUT2D eigenvalue weighted by molar-refractivity contribution is -0.575. The summed E-state index contributed by atoms with van der Waals surface area (Å²) in [6.45, 7) is 0. The molecule has 0 fully saturated rings. The second-order valence-corrected chi connectivity index (χ2v) is 3.47. The number of nitrogens with one attached hydrogen (secondary N) is 1. The van der Waals surface area contributed by atoms with E-state index in [4.69, 9.17) is 5.73 Å². The van der Waals surface area contributed by atoms with Crippen molar-refractivity contribution >= 4 is 16.7 Å². The fraction of sp³-hybridized carbons (Fsp3) is 0. The van der Waals surface area contributed by atoms with Crippen molar-refractivity contribution in [2.24, 2.45) is 0 Å². The number of H-pyrrole nitrogens is 1. The van der Waals surface area contributed by atoms with Crippen LogP contribution in [0.25, 0.3) is 17.0 Å². The molecule has 78 valence electrons. The van der Waals surface area contributed by atoms with Gasteiger partial charge in [0.15, 0.2) is 6.33 Å². The molecule has 3 N–H and O–H groups in total. The van der Waals surface area contributed by atoms with Crippen molar-refractivity contribution < 1.29 is 4.57 Å². The molecule has 1 aromatic carbocycles. The Balaban J connectivity index is 2.29. The zero-order chi connectivity index (χ0) is 11.0. The van der Waals surface area contributed by atoms with Crippen LogP contribution in [0.15, 0.2) is 43.0 Å². The number of hydrogen-bond donors (Lipinski definition) is 2. The topological polar surface area (TPSA) is 71.5 Å². The summed E-state index contributed by atoms with van der Waals surface area (Å²) in [4.78, 5) is 11.5. The quantitative estimate of drug-likeness (QED) is 0.463. The lowest BCUT2D eigenvalue weighted by Gasteiger charge is -1.94. The van der Waals surface area contributed by atoms with Crippen molar-refractivity contribution in [3.63, 3.8) is 0 Å². The maximum Gasteiger partial charge on any atom is 0.389 e. The number of imidazole rings is 1. The maximum absolute atomic E-state index is 5.76. The molecule has 3 aromatic rings. The lowest BCUT2D eigenvalue weighted by atomic mass is 10.3. The van der Waals surface area contributed by atoms with Crippen molar-refractivity contribution in [2.45, 2.75) is 0 Å². The predicted octanol–water partition coefficient (Wildman–Crippen LogP) is 0.817. The minimum absolute atomic E-state index is 0.624. The van der Waals surface area contributed by atoms with Gasteiger partial charge < -0.3 is 5.73 Å². The third kappa shape index (κ3) is 1.30. The number of aromatic nitrogens is 4. The van der Waals surface area contributed by atoms with Gasteiger partial charge in [0.05, 0.1) is 12.4 Å². The number of benzene rings is 1. The Morgan fingerprint density at radius 3 is 2.81 bits per heavy atom. The average Bonchev–Trinajstić information content (AvgIpc) is 2.73. The number of rotatable bonds is 1. The van der Waals surface area contributed by atoms with E-state index in [-0.39, 0.29) is 0 Å². The SMILES string of the molecule is Nc1ccc2[nH]c[n+](-c3ncccn3)c2c1. The molecule has 0 spiro atoms. The molecule has 0 saturated carbocycles. The third-order valence-corrected chi connectivity index (χ3v) is 2.40. The number of fused-ring (bicyclic) bond motifs is 1. The van der Waals surface area contributed by atoms with Gasteiger partial charge in [-0.2, -0.15) is 4.57 Å². The minimum Gasteiger partial charge on any atom is -0.399 e. The Bertz CT molecular complexity index is 629. The van der Waals surface area contributed by atoms with Gasteiger partial charge in [0.1, 0.15) is 11.0 Å². The van der Waals surface area contributed by atoms with Crippen LogP contribution < -0.4 is 10.3 Å². The number of aromatic amines is 1. The van der Waals surface area contributed by atoms with Gasteiger partial charge in [-0.3, -0.25) is 4.98 Å². The monoisotopic (exact) mass is 212 g/mol. The standard InChI is InChI=1S/C11H9N5/c12-8-2-3-9-10(6-8)16(7-15-9)11-13-4-1-5-14-11/h1-7H,12H2/p+1. The van der Waals surface area contributed by atoms with Gasteiger partial charge in [-0.15, -0.1) is 9.97 Å². The molecule has 5 heteroatoms. The Kier molecular flexibility index (Phi) is 1.83. The molecule has 0 amide bonds. The molecule has 0 saturated heterocycles. The first-order valence-corrected chi connectivity index (χ1v) is 4.90. The Morgan fingerprint density at radius 2 is 2.00 bits per heavy atom. The summed E-state index contributed by atoms with van der Waals surface area (Å²) in [6.07, 6.45) is 5.24. The molecule has 0 bridgehead atoms. The average molecular weight is 212 g/mol. The third-order valence-electron chi connectivity index (χ3n) is 2.40. The fourth-order valence-corrected chi connectivity index (χ4v) is 1.65. The summed E-state index contributed by atoms with van der Waals surface area (Å²) >= 11 is 0. The van der Waals surface area contributed by atoms with Crippen LogP contribution in [0.5, 0.6) is 0 Å². The number of nitrogens with two attached hydrogens (primary N) is 1. The van der Waals surface area contributed by atoms with Crippen LogP contribution in [0, 0.1) is 0 Å². The predicted molar refractivity (Wildman–Crippen MR) is 59.8 cm³/mol. The Morgan fingerprint density at radius 1 is 1.19 bits per heavy atom. The van der Waals surface area contributed by atoms with E-state index >= 15 is 0 Å². The highest BCUT2D eigenvalue weighted by Crippen LogP contribution is 2.12. The highest BCUT2D eigenvalue weighted by Gasteiger charge is 2.12. The second-order valence-electron chi connectivity index (χ2n) is 3.47. The van der Waals surface area contributed by atoms with Gasteiger partial charge in [-0.05, 0) is 24.3 Å². The van der Waals surface area contributed by atoms with Crippen molar-refractivity contribution in [1.82, 2.24) is 15.0 Å². The Hall–Kier alpha value is -2.43. The zero-order valence-electron chi connectivity index (χ0n) is 8.46. The van der Waals surface area contributed by atoms with E-state index in [1.165, 1.54) is 0 Å². The molecular weight excluding hydrogens is 202 g/mol. The van der Waals surface area contributed by atoms with E-state index in [0.717, 1.165) is 16.7 Å². The van der Waals surface area contributed by atoms with Gasteiger partial charge in [0, 0.05) is 5.69 Å². The number of nitrogen functional groups attached to an aromatic ring is 1. The second kappa shape index (κ2) is 3.30.